The van der Waals surface area contributed by atoms with E-state index in [9.17, 15) is 28.2 Å². The van der Waals surface area contributed by atoms with E-state index >= 15 is 0 Å². The van der Waals surface area contributed by atoms with Gasteiger partial charge in [-0.2, -0.15) is 4.31 Å². The Morgan fingerprint density at radius 1 is 1.03 bits per heavy atom. The lowest BCUT2D eigenvalue weighted by atomic mass is 10.2. The van der Waals surface area contributed by atoms with Gasteiger partial charge in [0.25, 0.3) is 5.91 Å². The number of carbonyl (C=O) groups is 2. The number of carbonyl (C=O) groups excluding carboxylic acids is 2. The standard InChI is InChI=1S/C19H20N2O7S/c22-14-5-8-16(17(23)11-14)19(25)28-12-18(24)20-13-3-6-15(7-4-13)29(26,27)21-9-1-2-10-21/h3-8,11,22-23H,1-2,9-10,12H2,(H,20,24). The molecule has 0 aromatic heterocycles. The van der Waals surface area contributed by atoms with Gasteiger partial charge in [-0.3, -0.25) is 4.79 Å². The van der Waals surface area contributed by atoms with Crippen LogP contribution in [0.4, 0.5) is 5.69 Å². The average molecular weight is 420 g/mol. The highest BCUT2D eigenvalue weighted by molar-refractivity contribution is 7.89. The van der Waals surface area contributed by atoms with Crippen molar-refractivity contribution in [1.82, 2.24) is 4.31 Å². The van der Waals surface area contributed by atoms with Crippen molar-refractivity contribution in [2.24, 2.45) is 0 Å². The van der Waals surface area contributed by atoms with Gasteiger partial charge in [0.2, 0.25) is 10.0 Å². The van der Waals surface area contributed by atoms with Crippen molar-refractivity contribution in [3.05, 3.63) is 48.0 Å². The molecule has 10 heteroatoms. The van der Waals surface area contributed by atoms with Gasteiger partial charge in [-0.05, 0) is 49.2 Å². The van der Waals surface area contributed by atoms with Crippen LogP contribution in [0, 0.1) is 0 Å². The first-order valence-corrected chi connectivity index (χ1v) is 10.3. The molecule has 1 saturated heterocycles. The fourth-order valence-corrected chi connectivity index (χ4v) is 4.40. The number of hydrogen-bond acceptors (Lipinski definition) is 7. The molecule has 2 aromatic carbocycles. The summed E-state index contributed by atoms with van der Waals surface area (Å²) in [5.41, 5.74) is 0.158. The Kier molecular flexibility index (Phi) is 6.04. The Bertz CT molecular complexity index is 1010. The molecule has 0 saturated carbocycles. The molecule has 0 spiro atoms. The van der Waals surface area contributed by atoms with Gasteiger partial charge >= 0.3 is 5.97 Å². The summed E-state index contributed by atoms with van der Waals surface area (Å²) >= 11 is 0. The van der Waals surface area contributed by atoms with E-state index in [2.05, 4.69) is 5.32 Å². The average Bonchev–Trinajstić information content (AvgIpc) is 3.22. The highest BCUT2D eigenvalue weighted by Gasteiger charge is 2.27. The van der Waals surface area contributed by atoms with Crippen molar-refractivity contribution in [2.75, 3.05) is 25.0 Å². The number of nitrogens with zero attached hydrogens (tertiary/aromatic N) is 1. The third kappa shape index (κ3) is 4.84. The van der Waals surface area contributed by atoms with Crippen LogP contribution in [0.15, 0.2) is 47.4 Å². The van der Waals surface area contributed by atoms with E-state index in [1.165, 1.54) is 40.7 Å². The number of amides is 1. The van der Waals surface area contributed by atoms with Crippen molar-refractivity contribution in [2.45, 2.75) is 17.7 Å². The molecule has 154 valence electrons. The molecule has 3 rings (SSSR count). The predicted octanol–water partition coefficient (Wildman–Crippen LogP) is 1.68. The number of hydrogen-bond donors (Lipinski definition) is 3. The lowest BCUT2D eigenvalue weighted by Gasteiger charge is -2.15. The lowest BCUT2D eigenvalue weighted by molar-refractivity contribution is -0.119. The molecule has 0 unspecified atom stereocenters. The first kappa shape index (κ1) is 20.6. The minimum atomic E-state index is -3.53. The van der Waals surface area contributed by atoms with Crippen molar-refractivity contribution >= 4 is 27.6 Å². The molecule has 1 aliphatic rings. The molecule has 0 bridgehead atoms. The first-order chi connectivity index (χ1) is 13.8. The topological polar surface area (TPSA) is 133 Å². The summed E-state index contributed by atoms with van der Waals surface area (Å²) in [4.78, 5) is 24.0. The van der Waals surface area contributed by atoms with Crippen molar-refractivity contribution in [3.8, 4) is 11.5 Å². The molecule has 3 N–H and O–H groups in total. The zero-order valence-electron chi connectivity index (χ0n) is 15.4. The van der Waals surface area contributed by atoms with Gasteiger partial charge in [0.1, 0.15) is 17.1 Å². The highest BCUT2D eigenvalue weighted by Crippen LogP contribution is 2.24. The van der Waals surface area contributed by atoms with E-state index in [1.54, 1.807) is 0 Å². The Morgan fingerprint density at radius 2 is 1.69 bits per heavy atom. The largest absolute Gasteiger partial charge is 0.508 e. The van der Waals surface area contributed by atoms with Crippen LogP contribution < -0.4 is 5.32 Å². The number of nitrogens with one attached hydrogen (secondary N) is 1. The van der Waals surface area contributed by atoms with Crippen molar-refractivity contribution in [1.29, 1.82) is 0 Å². The summed E-state index contributed by atoms with van der Waals surface area (Å²) < 4.78 is 31.2. The van der Waals surface area contributed by atoms with Crippen LogP contribution in [0.3, 0.4) is 0 Å². The van der Waals surface area contributed by atoms with Crippen molar-refractivity contribution in [3.63, 3.8) is 0 Å². The van der Waals surface area contributed by atoms with Crippen molar-refractivity contribution < 1.29 is 33.0 Å². The van der Waals surface area contributed by atoms with Gasteiger partial charge in [-0.15, -0.1) is 0 Å². The highest BCUT2D eigenvalue weighted by atomic mass is 32.2. The Hall–Kier alpha value is -3.11. The van der Waals surface area contributed by atoms with Gasteiger partial charge in [0, 0.05) is 24.8 Å². The fraction of sp³-hybridized carbons (Fsp3) is 0.263. The van der Waals surface area contributed by atoms with Gasteiger partial charge in [0.05, 0.1) is 4.90 Å². The molecule has 0 atom stereocenters. The molecule has 0 radical (unpaired) electrons. The number of esters is 1. The van der Waals surface area contributed by atoms with Crippen LogP contribution in [0.1, 0.15) is 23.2 Å². The van der Waals surface area contributed by atoms with E-state index in [0.717, 1.165) is 18.9 Å². The summed E-state index contributed by atoms with van der Waals surface area (Å²) in [5.74, 6) is -2.24. The maximum Gasteiger partial charge on any atom is 0.342 e. The second-order valence-corrected chi connectivity index (χ2v) is 8.40. The molecular formula is C19H20N2O7S. The summed E-state index contributed by atoms with van der Waals surface area (Å²) in [7, 11) is -3.53. The Morgan fingerprint density at radius 3 is 2.31 bits per heavy atom. The number of rotatable bonds is 6. The minimum absolute atomic E-state index is 0.145. The Balaban J connectivity index is 1.56. The van der Waals surface area contributed by atoms with E-state index < -0.39 is 34.3 Å². The van der Waals surface area contributed by atoms with Gasteiger partial charge in [-0.1, -0.05) is 0 Å². The van der Waals surface area contributed by atoms with E-state index in [0.29, 0.717) is 18.8 Å². The predicted molar refractivity (Wildman–Crippen MR) is 103 cm³/mol. The van der Waals surface area contributed by atoms with Gasteiger partial charge < -0.3 is 20.3 Å². The van der Waals surface area contributed by atoms with Gasteiger partial charge in [-0.25, -0.2) is 13.2 Å². The third-order valence-electron chi connectivity index (χ3n) is 4.38. The van der Waals surface area contributed by atoms with E-state index in [1.807, 2.05) is 0 Å². The number of phenolic OH excluding ortho intramolecular Hbond substituents is 2. The molecule has 2 aromatic rings. The molecule has 1 aliphatic heterocycles. The molecule has 1 amide bonds. The van der Waals surface area contributed by atoms with Crippen LogP contribution in [0.2, 0.25) is 0 Å². The number of aromatic hydroxyl groups is 2. The molecule has 29 heavy (non-hydrogen) atoms. The normalized spacial score (nSPS) is 14.5. The van der Waals surface area contributed by atoms with E-state index in [-0.39, 0.29) is 16.2 Å². The number of phenols is 2. The second-order valence-electron chi connectivity index (χ2n) is 6.46. The SMILES string of the molecule is O=C(COC(=O)c1ccc(O)cc1O)Nc1ccc(S(=O)(=O)N2CCCC2)cc1. The summed E-state index contributed by atoms with van der Waals surface area (Å²) in [6.07, 6.45) is 1.68. The molecule has 1 heterocycles. The second kappa shape index (κ2) is 8.50. The smallest absolute Gasteiger partial charge is 0.342 e. The van der Waals surface area contributed by atoms with Crippen LogP contribution in [-0.4, -0.2) is 54.5 Å². The van der Waals surface area contributed by atoms with Crippen LogP contribution >= 0.6 is 0 Å². The first-order valence-electron chi connectivity index (χ1n) is 8.86. The van der Waals surface area contributed by atoms with Crippen LogP contribution in [-0.2, 0) is 19.6 Å². The zero-order valence-corrected chi connectivity index (χ0v) is 16.2. The number of sulfonamides is 1. The lowest BCUT2D eigenvalue weighted by Crippen LogP contribution is -2.27. The molecule has 0 aliphatic carbocycles. The van der Waals surface area contributed by atoms with Gasteiger partial charge in [0.15, 0.2) is 6.61 Å². The summed E-state index contributed by atoms with van der Waals surface area (Å²) in [5, 5.41) is 21.3. The number of anilines is 1. The van der Waals surface area contributed by atoms with Crippen LogP contribution in [0.5, 0.6) is 11.5 Å². The molecule has 1 fully saturated rings. The quantitative estimate of drug-likeness (QED) is 0.606. The zero-order chi connectivity index (χ0) is 21.0. The Labute approximate surface area is 167 Å². The summed E-state index contributed by atoms with van der Waals surface area (Å²) in [6, 6.07) is 9.07. The number of benzene rings is 2. The maximum atomic E-state index is 12.5. The van der Waals surface area contributed by atoms with Crippen LogP contribution in [0.25, 0.3) is 0 Å². The third-order valence-corrected chi connectivity index (χ3v) is 6.29. The maximum absolute atomic E-state index is 12.5. The summed E-state index contributed by atoms with van der Waals surface area (Å²) in [6.45, 7) is 0.401. The molecular weight excluding hydrogens is 400 g/mol. The monoisotopic (exact) mass is 420 g/mol. The number of ether oxygens (including phenoxy) is 1. The minimum Gasteiger partial charge on any atom is -0.508 e. The van der Waals surface area contributed by atoms with E-state index in [4.69, 9.17) is 4.74 Å². The molecule has 9 nitrogen and oxygen atoms in total. The fourth-order valence-electron chi connectivity index (χ4n) is 2.89.